The van der Waals surface area contributed by atoms with E-state index in [-0.39, 0.29) is 11.9 Å². The Kier molecular flexibility index (Phi) is 6.18. The maximum absolute atomic E-state index is 12.5. The summed E-state index contributed by atoms with van der Waals surface area (Å²) in [6.45, 7) is 5.43. The number of ether oxygens (including phenoxy) is 1. The molecule has 0 saturated carbocycles. The van der Waals surface area contributed by atoms with Gasteiger partial charge in [-0.1, -0.05) is 47.1 Å². The van der Waals surface area contributed by atoms with E-state index in [9.17, 15) is 4.79 Å². The van der Waals surface area contributed by atoms with Crippen LogP contribution >= 0.6 is 15.9 Å². The molecule has 3 aromatic rings. The summed E-state index contributed by atoms with van der Waals surface area (Å²) in [7, 11) is 0. The number of amides is 1. The van der Waals surface area contributed by atoms with E-state index in [0.29, 0.717) is 43.6 Å². The van der Waals surface area contributed by atoms with Crippen LogP contribution in [0.1, 0.15) is 44.2 Å². The Balaban J connectivity index is 1.48. The molecule has 0 radical (unpaired) electrons. The van der Waals surface area contributed by atoms with Crippen molar-refractivity contribution in [3.8, 4) is 17.1 Å². The fourth-order valence-corrected chi connectivity index (χ4v) is 3.69. The van der Waals surface area contributed by atoms with Crippen molar-refractivity contribution in [2.45, 2.75) is 39.3 Å². The van der Waals surface area contributed by atoms with Gasteiger partial charge in [0, 0.05) is 23.0 Å². The first-order valence-corrected chi connectivity index (χ1v) is 10.9. The maximum atomic E-state index is 12.5. The van der Waals surface area contributed by atoms with Gasteiger partial charge in [-0.2, -0.15) is 4.98 Å². The molecule has 156 valence electrons. The number of nitrogens with zero attached hydrogens (tertiary/aromatic N) is 3. The quantitative estimate of drug-likeness (QED) is 0.463. The molecule has 1 fully saturated rings. The van der Waals surface area contributed by atoms with Crippen LogP contribution in [0.15, 0.2) is 57.5 Å². The van der Waals surface area contributed by atoms with Gasteiger partial charge in [0.2, 0.25) is 17.6 Å². The van der Waals surface area contributed by atoms with E-state index in [1.54, 1.807) is 0 Å². The van der Waals surface area contributed by atoms with Crippen LogP contribution in [0.25, 0.3) is 11.4 Å². The number of likely N-dealkylation sites (tertiary alicyclic amines) is 1. The first kappa shape index (κ1) is 20.6. The largest absolute Gasteiger partial charge is 0.493 e. The molecule has 6 nitrogen and oxygen atoms in total. The summed E-state index contributed by atoms with van der Waals surface area (Å²) in [4.78, 5) is 18.9. The second kappa shape index (κ2) is 9.00. The van der Waals surface area contributed by atoms with E-state index in [2.05, 4.69) is 39.9 Å². The van der Waals surface area contributed by atoms with Crippen molar-refractivity contribution in [3.63, 3.8) is 0 Å². The van der Waals surface area contributed by atoms with Crippen LogP contribution in [0.4, 0.5) is 0 Å². The molecule has 1 aliphatic rings. The van der Waals surface area contributed by atoms with Crippen LogP contribution in [0.5, 0.6) is 5.75 Å². The van der Waals surface area contributed by atoms with Crippen LogP contribution in [-0.2, 0) is 11.3 Å². The third-order valence-corrected chi connectivity index (χ3v) is 5.55. The topological polar surface area (TPSA) is 68.5 Å². The lowest BCUT2D eigenvalue weighted by molar-refractivity contribution is -0.129. The molecule has 1 saturated heterocycles. The predicted molar refractivity (Wildman–Crippen MR) is 117 cm³/mol. The minimum absolute atomic E-state index is 0.106. The summed E-state index contributed by atoms with van der Waals surface area (Å²) >= 11 is 3.44. The van der Waals surface area contributed by atoms with Gasteiger partial charge >= 0.3 is 0 Å². The highest BCUT2D eigenvalue weighted by Gasteiger charge is 2.36. The molecule has 1 amide bonds. The average molecular weight is 470 g/mol. The molecule has 7 heteroatoms. The lowest BCUT2D eigenvalue weighted by atomic mass is 10.1. The lowest BCUT2D eigenvalue weighted by Gasteiger charge is -2.22. The molecule has 1 atom stereocenters. The van der Waals surface area contributed by atoms with E-state index in [0.717, 1.165) is 21.3 Å². The Hall–Kier alpha value is -2.67. The zero-order valence-electron chi connectivity index (χ0n) is 17.0. The minimum Gasteiger partial charge on any atom is -0.493 e. The highest BCUT2D eigenvalue weighted by molar-refractivity contribution is 9.10. The molecular formula is C23H24BrN3O3. The number of halogens is 1. The summed E-state index contributed by atoms with van der Waals surface area (Å²) in [5.41, 5.74) is 1.92. The van der Waals surface area contributed by atoms with Crippen molar-refractivity contribution in [1.29, 1.82) is 0 Å². The second-order valence-corrected chi connectivity index (χ2v) is 8.80. The molecular weight excluding hydrogens is 446 g/mol. The predicted octanol–water partition coefficient (Wildman–Crippen LogP) is 5.40. The molecule has 30 heavy (non-hydrogen) atoms. The SMILES string of the molecule is CC(C)COc1ccc(-c2noc(C3CCC(=O)N3Cc3ccc(Br)cc3)n2)cc1. The van der Waals surface area contributed by atoms with Crippen LogP contribution in [0.2, 0.25) is 0 Å². The standard InChI is InChI=1S/C23H24BrN3O3/c1-15(2)14-29-19-9-5-17(6-10-19)22-25-23(30-26-22)20-11-12-21(28)27(20)13-16-3-7-18(24)8-4-16/h3-10,15,20H,11-14H2,1-2H3. The number of hydrogen-bond acceptors (Lipinski definition) is 5. The number of rotatable bonds is 7. The van der Waals surface area contributed by atoms with E-state index in [1.807, 2.05) is 53.4 Å². The monoisotopic (exact) mass is 469 g/mol. The zero-order chi connectivity index (χ0) is 21.1. The smallest absolute Gasteiger partial charge is 0.249 e. The Bertz CT molecular complexity index is 999. The number of hydrogen-bond donors (Lipinski definition) is 0. The zero-order valence-corrected chi connectivity index (χ0v) is 18.6. The molecule has 1 aliphatic heterocycles. The van der Waals surface area contributed by atoms with Crippen molar-refractivity contribution in [2.75, 3.05) is 6.61 Å². The third-order valence-electron chi connectivity index (χ3n) is 5.02. The first-order chi connectivity index (χ1) is 14.5. The molecule has 4 rings (SSSR count). The van der Waals surface area contributed by atoms with E-state index in [4.69, 9.17) is 9.26 Å². The maximum Gasteiger partial charge on any atom is 0.249 e. The van der Waals surface area contributed by atoms with Crippen molar-refractivity contribution < 1.29 is 14.1 Å². The van der Waals surface area contributed by atoms with E-state index >= 15 is 0 Å². The van der Waals surface area contributed by atoms with Crippen LogP contribution < -0.4 is 4.74 Å². The minimum atomic E-state index is -0.198. The summed E-state index contributed by atoms with van der Waals surface area (Å²) in [6, 6.07) is 15.4. The molecule has 0 spiro atoms. The van der Waals surface area contributed by atoms with Crippen LogP contribution in [-0.4, -0.2) is 27.6 Å². The number of aromatic nitrogens is 2. The number of carbonyl (C=O) groups is 1. The van der Waals surface area contributed by atoms with E-state index < -0.39 is 0 Å². The summed E-state index contributed by atoms with van der Waals surface area (Å²) in [5, 5.41) is 4.14. The Labute approximate surface area is 184 Å². The number of carbonyl (C=O) groups excluding carboxylic acids is 1. The molecule has 2 aromatic carbocycles. The van der Waals surface area contributed by atoms with Crippen LogP contribution in [0.3, 0.4) is 0 Å². The Morgan fingerprint density at radius 3 is 2.60 bits per heavy atom. The summed E-state index contributed by atoms with van der Waals surface area (Å²) < 4.78 is 12.3. The summed E-state index contributed by atoms with van der Waals surface area (Å²) in [6.07, 6.45) is 1.17. The van der Waals surface area contributed by atoms with Crippen molar-refractivity contribution in [3.05, 3.63) is 64.5 Å². The number of benzene rings is 2. The molecule has 0 aliphatic carbocycles. The fourth-order valence-electron chi connectivity index (χ4n) is 3.43. The van der Waals surface area contributed by atoms with Crippen molar-refractivity contribution in [1.82, 2.24) is 15.0 Å². The van der Waals surface area contributed by atoms with E-state index in [1.165, 1.54) is 0 Å². The van der Waals surface area contributed by atoms with Crippen LogP contribution in [0, 0.1) is 5.92 Å². The fraction of sp³-hybridized carbons (Fsp3) is 0.348. The van der Waals surface area contributed by atoms with Crippen molar-refractivity contribution in [2.24, 2.45) is 5.92 Å². The lowest BCUT2D eigenvalue weighted by Crippen LogP contribution is -2.27. The summed E-state index contributed by atoms with van der Waals surface area (Å²) in [5.74, 6) is 2.39. The Morgan fingerprint density at radius 2 is 1.90 bits per heavy atom. The first-order valence-electron chi connectivity index (χ1n) is 10.1. The third kappa shape index (κ3) is 4.73. The molecule has 0 bridgehead atoms. The highest BCUT2D eigenvalue weighted by atomic mass is 79.9. The van der Waals surface area contributed by atoms with Gasteiger partial charge in [0.05, 0.1) is 6.61 Å². The van der Waals surface area contributed by atoms with Gasteiger partial charge in [0.1, 0.15) is 11.8 Å². The van der Waals surface area contributed by atoms with Gasteiger partial charge in [-0.3, -0.25) is 4.79 Å². The normalized spacial score (nSPS) is 16.5. The Morgan fingerprint density at radius 1 is 1.17 bits per heavy atom. The molecule has 2 heterocycles. The van der Waals surface area contributed by atoms with Gasteiger partial charge in [-0.15, -0.1) is 0 Å². The second-order valence-electron chi connectivity index (χ2n) is 7.89. The van der Waals surface area contributed by atoms with Gasteiger partial charge < -0.3 is 14.2 Å². The highest BCUT2D eigenvalue weighted by Crippen LogP contribution is 2.34. The molecule has 0 N–H and O–H groups in total. The molecule has 1 aromatic heterocycles. The van der Waals surface area contributed by atoms with Gasteiger partial charge in [-0.05, 0) is 54.3 Å². The van der Waals surface area contributed by atoms with Gasteiger partial charge in [0.25, 0.3) is 0 Å². The van der Waals surface area contributed by atoms with Crippen molar-refractivity contribution >= 4 is 21.8 Å². The van der Waals surface area contributed by atoms with Gasteiger partial charge in [-0.25, -0.2) is 0 Å². The molecule has 1 unspecified atom stereocenters. The average Bonchev–Trinajstić information content (AvgIpc) is 3.36. The van der Waals surface area contributed by atoms with Gasteiger partial charge in [0.15, 0.2) is 0 Å².